The van der Waals surface area contributed by atoms with Gasteiger partial charge in [0.15, 0.2) is 0 Å². The highest BCUT2D eigenvalue weighted by Gasteiger charge is 2.26. The Morgan fingerprint density at radius 1 is 1.33 bits per heavy atom. The summed E-state index contributed by atoms with van der Waals surface area (Å²) in [7, 11) is 0. The predicted molar refractivity (Wildman–Crippen MR) is 74.4 cm³/mol. The van der Waals surface area contributed by atoms with E-state index in [0.29, 0.717) is 5.92 Å². The normalized spacial score (nSPS) is 18.8. The molecule has 2 rings (SSSR count). The molecular weight excluding hydrogens is 249 g/mol. The van der Waals surface area contributed by atoms with Crippen LogP contribution >= 0.6 is 11.6 Å². The summed E-state index contributed by atoms with van der Waals surface area (Å²) >= 11 is 6.13. The maximum atomic E-state index is 13.6. The highest BCUT2D eigenvalue weighted by molar-refractivity contribution is 6.31. The van der Waals surface area contributed by atoms with Crippen molar-refractivity contribution in [2.45, 2.75) is 45.1 Å². The van der Waals surface area contributed by atoms with Crippen molar-refractivity contribution in [2.75, 3.05) is 6.54 Å². The minimum atomic E-state index is -0.312. The summed E-state index contributed by atoms with van der Waals surface area (Å²) in [5, 5.41) is 3.77. The van der Waals surface area contributed by atoms with Gasteiger partial charge in [0.05, 0.1) is 5.02 Å². The van der Waals surface area contributed by atoms with E-state index in [9.17, 15) is 4.39 Å². The summed E-state index contributed by atoms with van der Waals surface area (Å²) < 4.78 is 13.6. The predicted octanol–water partition coefficient (Wildman–Crippen LogP) is 4.71. The smallest absolute Gasteiger partial charge is 0.142 e. The molecule has 3 heteroatoms. The van der Waals surface area contributed by atoms with Crippen molar-refractivity contribution >= 4 is 11.6 Å². The van der Waals surface area contributed by atoms with E-state index < -0.39 is 0 Å². The first-order valence-electron chi connectivity index (χ1n) is 6.91. The van der Waals surface area contributed by atoms with E-state index in [4.69, 9.17) is 11.6 Å². The first-order valence-corrected chi connectivity index (χ1v) is 7.29. The maximum absolute atomic E-state index is 13.6. The average molecular weight is 270 g/mol. The quantitative estimate of drug-likeness (QED) is 0.835. The van der Waals surface area contributed by atoms with E-state index in [1.54, 1.807) is 6.07 Å². The molecule has 0 radical (unpaired) electrons. The molecule has 1 N–H and O–H groups in total. The molecule has 1 aliphatic carbocycles. The van der Waals surface area contributed by atoms with Crippen LogP contribution in [0.4, 0.5) is 4.39 Å². The van der Waals surface area contributed by atoms with Gasteiger partial charge in [-0.1, -0.05) is 49.9 Å². The highest BCUT2D eigenvalue weighted by atomic mass is 35.5. The van der Waals surface area contributed by atoms with E-state index in [2.05, 4.69) is 12.2 Å². The number of nitrogens with one attached hydrogen (secondary N) is 1. The molecule has 1 aromatic carbocycles. The molecule has 0 spiro atoms. The third kappa shape index (κ3) is 3.04. The molecule has 1 fully saturated rings. The molecule has 1 saturated carbocycles. The van der Waals surface area contributed by atoms with E-state index in [0.717, 1.165) is 12.1 Å². The maximum Gasteiger partial charge on any atom is 0.142 e. The number of rotatable bonds is 4. The van der Waals surface area contributed by atoms with Crippen LogP contribution in [-0.2, 0) is 0 Å². The molecule has 0 amide bonds. The first kappa shape index (κ1) is 13.8. The van der Waals surface area contributed by atoms with Crippen LogP contribution in [0.3, 0.4) is 0 Å². The molecule has 1 atom stereocenters. The number of benzene rings is 1. The molecule has 0 aromatic heterocycles. The van der Waals surface area contributed by atoms with Gasteiger partial charge in [0.25, 0.3) is 0 Å². The van der Waals surface area contributed by atoms with Gasteiger partial charge in [-0.05, 0) is 36.9 Å². The van der Waals surface area contributed by atoms with Gasteiger partial charge >= 0.3 is 0 Å². The minimum absolute atomic E-state index is 0.193. The molecule has 1 nitrogen and oxygen atoms in total. The largest absolute Gasteiger partial charge is 0.310 e. The first-order chi connectivity index (χ1) is 8.74. The number of hydrogen-bond donors (Lipinski definition) is 1. The Hall–Kier alpha value is -0.600. The van der Waals surface area contributed by atoms with Crippen LogP contribution in [-0.4, -0.2) is 6.54 Å². The van der Waals surface area contributed by atoms with Crippen LogP contribution in [0, 0.1) is 11.7 Å². The fraction of sp³-hybridized carbons (Fsp3) is 0.600. The molecule has 1 unspecified atom stereocenters. The standard InChI is InChI=1S/C15H21ClFN/c1-2-18-15(11-7-4-3-5-8-11)12-9-6-10-13(17)14(12)16/h6,9-11,15,18H,2-5,7-8H2,1H3. The summed E-state index contributed by atoms with van der Waals surface area (Å²) in [4.78, 5) is 0. The van der Waals surface area contributed by atoms with Crippen LogP contribution in [0.2, 0.25) is 5.02 Å². The molecule has 0 saturated heterocycles. The van der Waals surface area contributed by atoms with Crippen molar-refractivity contribution in [3.8, 4) is 0 Å². The molecule has 1 aliphatic rings. The van der Waals surface area contributed by atoms with Crippen molar-refractivity contribution in [1.82, 2.24) is 5.32 Å². The van der Waals surface area contributed by atoms with Crippen molar-refractivity contribution in [3.63, 3.8) is 0 Å². The fourth-order valence-electron chi connectivity index (χ4n) is 2.98. The van der Waals surface area contributed by atoms with Crippen molar-refractivity contribution < 1.29 is 4.39 Å². The Labute approximate surface area is 114 Å². The molecule has 0 bridgehead atoms. The van der Waals surface area contributed by atoms with E-state index in [-0.39, 0.29) is 16.9 Å². The molecule has 0 aliphatic heterocycles. The van der Waals surface area contributed by atoms with E-state index in [1.165, 1.54) is 38.2 Å². The average Bonchev–Trinajstić information content (AvgIpc) is 2.41. The van der Waals surface area contributed by atoms with E-state index in [1.807, 2.05) is 6.07 Å². The second-order valence-electron chi connectivity index (χ2n) is 5.08. The topological polar surface area (TPSA) is 12.0 Å². The zero-order chi connectivity index (χ0) is 13.0. The molecule has 18 heavy (non-hydrogen) atoms. The van der Waals surface area contributed by atoms with Gasteiger partial charge in [-0.15, -0.1) is 0 Å². The number of hydrogen-bond acceptors (Lipinski definition) is 1. The van der Waals surface area contributed by atoms with Crippen LogP contribution < -0.4 is 5.32 Å². The van der Waals surface area contributed by atoms with Gasteiger partial charge < -0.3 is 5.32 Å². The highest BCUT2D eigenvalue weighted by Crippen LogP contribution is 2.37. The second kappa shape index (κ2) is 6.53. The lowest BCUT2D eigenvalue weighted by molar-refractivity contribution is 0.274. The van der Waals surface area contributed by atoms with Crippen molar-refractivity contribution in [2.24, 2.45) is 5.92 Å². The SMILES string of the molecule is CCNC(c1cccc(F)c1Cl)C1CCCCC1. The summed E-state index contributed by atoms with van der Waals surface area (Å²) in [6.45, 7) is 2.97. The lowest BCUT2D eigenvalue weighted by Gasteiger charge is -2.31. The Morgan fingerprint density at radius 3 is 2.72 bits per heavy atom. The fourth-order valence-corrected chi connectivity index (χ4v) is 3.22. The van der Waals surface area contributed by atoms with Gasteiger partial charge in [0, 0.05) is 6.04 Å². The van der Waals surface area contributed by atoms with Crippen LogP contribution in [0.25, 0.3) is 0 Å². The number of halogens is 2. The lowest BCUT2D eigenvalue weighted by atomic mass is 9.81. The monoisotopic (exact) mass is 269 g/mol. The van der Waals surface area contributed by atoms with Gasteiger partial charge in [-0.3, -0.25) is 0 Å². The Bertz CT molecular complexity index is 388. The summed E-state index contributed by atoms with van der Waals surface area (Å²) in [6.07, 6.45) is 6.31. The molecule has 1 aromatic rings. The second-order valence-corrected chi connectivity index (χ2v) is 5.45. The molecular formula is C15H21ClFN. The van der Waals surface area contributed by atoms with Crippen LogP contribution in [0.15, 0.2) is 18.2 Å². The Balaban J connectivity index is 2.25. The zero-order valence-corrected chi connectivity index (χ0v) is 11.6. The van der Waals surface area contributed by atoms with Crippen LogP contribution in [0.1, 0.15) is 50.6 Å². The van der Waals surface area contributed by atoms with Crippen LogP contribution in [0.5, 0.6) is 0 Å². The third-order valence-corrected chi connectivity index (χ3v) is 4.26. The van der Waals surface area contributed by atoms with Gasteiger partial charge in [0.2, 0.25) is 0 Å². The Morgan fingerprint density at radius 2 is 2.06 bits per heavy atom. The summed E-state index contributed by atoms with van der Waals surface area (Å²) in [5.74, 6) is 0.269. The minimum Gasteiger partial charge on any atom is -0.310 e. The van der Waals surface area contributed by atoms with Crippen molar-refractivity contribution in [3.05, 3.63) is 34.6 Å². The van der Waals surface area contributed by atoms with Gasteiger partial charge in [-0.2, -0.15) is 0 Å². The van der Waals surface area contributed by atoms with Gasteiger partial charge in [-0.25, -0.2) is 4.39 Å². The molecule has 0 heterocycles. The summed E-state index contributed by atoms with van der Waals surface area (Å²) in [6, 6.07) is 5.32. The van der Waals surface area contributed by atoms with Crippen molar-refractivity contribution in [1.29, 1.82) is 0 Å². The zero-order valence-electron chi connectivity index (χ0n) is 10.9. The third-order valence-electron chi connectivity index (χ3n) is 3.86. The Kier molecular flexibility index (Phi) is 5.02. The van der Waals surface area contributed by atoms with E-state index >= 15 is 0 Å². The summed E-state index contributed by atoms with van der Waals surface area (Å²) in [5.41, 5.74) is 0.922. The lowest BCUT2D eigenvalue weighted by Crippen LogP contribution is -2.30. The van der Waals surface area contributed by atoms with Gasteiger partial charge in [0.1, 0.15) is 5.82 Å². The molecule has 100 valence electrons.